The molecule has 0 aliphatic heterocycles. The van der Waals surface area contributed by atoms with E-state index in [9.17, 15) is 18.0 Å². The quantitative estimate of drug-likeness (QED) is 0.665. The molecule has 0 bridgehead atoms. The van der Waals surface area contributed by atoms with E-state index in [0.717, 1.165) is 15.4 Å². The predicted octanol–water partition coefficient (Wildman–Crippen LogP) is 2.53. The molecule has 0 aromatic heterocycles. The number of nitrogens with one attached hydrogen (secondary N) is 1. The number of amides is 2. The lowest BCUT2D eigenvalue weighted by molar-refractivity contribution is 0.0880. The predicted molar refractivity (Wildman–Crippen MR) is 110 cm³/mol. The molecule has 2 rings (SSSR count). The summed E-state index contributed by atoms with van der Waals surface area (Å²) >= 11 is 0. The molecule has 0 unspecified atom stereocenters. The Bertz CT molecular complexity index is 985. The number of ether oxygens (including phenoxy) is 1. The van der Waals surface area contributed by atoms with E-state index in [-0.39, 0.29) is 10.8 Å². The fraction of sp³-hybridized carbons (Fsp3) is 0.333. The highest BCUT2D eigenvalue weighted by Crippen LogP contribution is 2.20. The van der Waals surface area contributed by atoms with Crippen molar-refractivity contribution in [1.82, 2.24) is 9.62 Å². The Hall–Kier alpha value is -2.71. The fourth-order valence-corrected chi connectivity index (χ4v) is 3.79. The van der Waals surface area contributed by atoms with Crippen molar-refractivity contribution in [3.05, 3.63) is 64.7 Å². The van der Waals surface area contributed by atoms with Crippen LogP contribution in [0.5, 0.6) is 0 Å². The van der Waals surface area contributed by atoms with Crippen LogP contribution in [0.15, 0.2) is 47.4 Å². The summed E-state index contributed by atoms with van der Waals surface area (Å²) in [6.07, 6.45) is 0. The zero-order valence-corrected chi connectivity index (χ0v) is 17.9. The highest BCUT2D eigenvalue weighted by atomic mass is 32.2. The molecule has 0 radical (unpaired) electrons. The van der Waals surface area contributed by atoms with Crippen LogP contribution in [0.2, 0.25) is 0 Å². The number of sulfonamides is 1. The van der Waals surface area contributed by atoms with Crippen LogP contribution in [0.3, 0.4) is 0 Å². The smallest absolute Gasteiger partial charge is 0.267 e. The number of nitrogens with zero attached hydrogens (tertiary/aromatic N) is 1. The zero-order chi connectivity index (χ0) is 21.6. The number of aryl methyl sites for hydroxylation is 1. The van der Waals surface area contributed by atoms with Gasteiger partial charge in [-0.2, -0.15) is 0 Å². The van der Waals surface area contributed by atoms with E-state index in [1.807, 2.05) is 19.9 Å². The standard InChI is InChI=1S/C21H26N2O5S/c1-5-28-14-13-22-20(24)17-9-11-18(12-10-17)29(26,27)23(4)21(25)19-8-6-7-15(2)16(19)3/h6-12H,5,13-14H2,1-4H3,(H,22,24). The SMILES string of the molecule is CCOCCNC(=O)c1ccc(S(=O)(=O)N(C)C(=O)c2cccc(C)c2C)cc1. The van der Waals surface area contributed by atoms with Crippen molar-refractivity contribution in [1.29, 1.82) is 0 Å². The Kier molecular flexibility index (Phi) is 7.53. The topological polar surface area (TPSA) is 92.8 Å². The van der Waals surface area contributed by atoms with Crippen molar-refractivity contribution in [2.24, 2.45) is 0 Å². The van der Waals surface area contributed by atoms with Gasteiger partial charge < -0.3 is 10.1 Å². The molecule has 1 N–H and O–H groups in total. The van der Waals surface area contributed by atoms with Gasteiger partial charge in [0.2, 0.25) is 0 Å². The van der Waals surface area contributed by atoms with Gasteiger partial charge in [-0.05, 0) is 62.2 Å². The average Bonchev–Trinajstić information content (AvgIpc) is 2.72. The average molecular weight is 419 g/mol. The third kappa shape index (κ3) is 5.21. The van der Waals surface area contributed by atoms with Crippen molar-refractivity contribution in [2.75, 3.05) is 26.8 Å². The molecule has 0 atom stereocenters. The minimum absolute atomic E-state index is 0.0653. The van der Waals surface area contributed by atoms with Crippen molar-refractivity contribution < 1.29 is 22.7 Å². The van der Waals surface area contributed by atoms with Gasteiger partial charge in [0, 0.05) is 31.3 Å². The largest absolute Gasteiger partial charge is 0.380 e. The summed E-state index contributed by atoms with van der Waals surface area (Å²) in [7, 11) is -2.82. The lowest BCUT2D eigenvalue weighted by Gasteiger charge is -2.19. The molecule has 156 valence electrons. The number of carbonyl (C=O) groups excluding carboxylic acids is 2. The Morgan fingerprint density at radius 2 is 1.72 bits per heavy atom. The number of hydrogen-bond donors (Lipinski definition) is 1. The van der Waals surface area contributed by atoms with Crippen molar-refractivity contribution in [2.45, 2.75) is 25.7 Å². The van der Waals surface area contributed by atoms with Crippen molar-refractivity contribution >= 4 is 21.8 Å². The molecule has 8 heteroatoms. The molecule has 0 saturated heterocycles. The molecular formula is C21H26N2O5S. The van der Waals surface area contributed by atoms with E-state index in [2.05, 4.69) is 5.32 Å². The van der Waals surface area contributed by atoms with Crippen LogP contribution in [-0.4, -0.2) is 51.3 Å². The Balaban J connectivity index is 2.17. The number of carbonyl (C=O) groups is 2. The van der Waals surface area contributed by atoms with Crippen LogP contribution in [-0.2, 0) is 14.8 Å². The molecule has 0 fully saturated rings. The van der Waals surface area contributed by atoms with E-state index in [1.54, 1.807) is 19.1 Å². The van der Waals surface area contributed by atoms with Gasteiger partial charge in [0.05, 0.1) is 11.5 Å². The van der Waals surface area contributed by atoms with Gasteiger partial charge in [-0.3, -0.25) is 9.59 Å². The first-order chi connectivity index (χ1) is 13.7. The van der Waals surface area contributed by atoms with Gasteiger partial charge in [-0.1, -0.05) is 12.1 Å². The molecular weight excluding hydrogens is 392 g/mol. The second kappa shape index (κ2) is 9.67. The fourth-order valence-electron chi connectivity index (χ4n) is 2.68. The summed E-state index contributed by atoms with van der Waals surface area (Å²) in [6, 6.07) is 10.7. The molecule has 0 heterocycles. The molecule has 0 saturated carbocycles. The van der Waals surface area contributed by atoms with Gasteiger partial charge >= 0.3 is 0 Å². The van der Waals surface area contributed by atoms with E-state index >= 15 is 0 Å². The van der Waals surface area contributed by atoms with Gasteiger partial charge in [-0.15, -0.1) is 0 Å². The highest BCUT2D eigenvalue weighted by molar-refractivity contribution is 7.89. The van der Waals surface area contributed by atoms with Crippen LogP contribution in [0.25, 0.3) is 0 Å². The van der Waals surface area contributed by atoms with E-state index in [0.29, 0.717) is 30.9 Å². The first-order valence-electron chi connectivity index (χ1n) is 9.25. The lowest BCUT2D eigenvalue weighted by Crippen LogP contribution is -2.34. The van der Waals surface area contributed by atoms with Crippen molar-refractivity contribution in [3.8, 4) is 0 Å². The summed E-state index contributed by atoms with van der Waals surface area (Å²) in [4.78, 5) is 24.8. The van der Waals surface area contributed by atoms with Gasteiger partial charge in [0.25, 0.3) is 21.8 Å². The highest BCUT2D eigenvalue weighted by Gasteiger charge is 2.27. The van der Waals surface area contributed by atoms with E-state index in [1.165, 1.54) is 31.3 Å². The van der Waals surface area contributed by atoms with Crippen LogP contribution in [0, 0.1) is 13.8 Å². The van der Waals surface area contributed by atoms with Crippen LogP contribution >= 0.6 is 0 Å². The second-order valence-electron chi connectivity index (χ2n) is 6.50. The first-order valence-corrected chi connectivity index (χ1v) is 10.7. The first kappa shape index (κ1) is 22.6. The molecule has 7 nitrogen and oxygen atoms in total. The van der Waals surface area contributed by atoms with Gasteiger partial charge in [-0.25, -0.2) is 12.7 Å². The molecule has 2 amide bonds. The molecule has 2 aromatic carbocycles. The maximum absolute atomic E-state index is 12.9. The summed E-state index contributed by atoms with van der Waals surface area (Å²) in [5.41, 5.74) is 2.30. The van der Waals surface area contributed by atoms with E-state index < -0.39 is 15.9 Å². The molecule has 29 heavy (non-hydrogen) atoms. The third-order valence-corrected chi connectivity index (χ3v) is 6.39. The maximum atomic E-state index is 12.9. The molecule has 0 aliphatic carbocycles. The van der Waals surface area contributed by atoms with Gasteiger partial charge in [0.15, 0.2) is 0 Å². The van der Waals surface area contributed by atoms with E-state index in [4.69, 9.17) is 4.74 Å². The number of benzene rings is 2. The molecule has 2 aromatic rings. The zero-order valence-electron chi connectivity index (χ0n) is 17.1. The molecule has 0 spiro atoms. The maximum Gasteiger partial charge on any atom is 0.267 e. The van der Waals surface area contributed by atoms with Gasteiger partial charge in [0.1, 0.15) is 0 Å². The normalized spacial score (nSPS) is 11.2. The summed E-state index contributed by atoms with van der Waals surface area (Å²) in [5, 5.41) is 2.69. The summed E-state index contributed by atoms with van der Waals surface area (Å²) in [6.45, 7) is 6.83. The van der Waals surface area contributed by atoms with Crippen molar-refractivity contribution in [3.63, 3.8) is 0 Å². The Morgan fingerprint density at radius 1 is 1.07 bits per heavy atom. The lowest BCUT2D eigenvalue weighted by atomic mass is 10.0. The van der Waals surface area contributed by atoms with Crippen LogP contribution in [0.4, 0.5) is 0 Å². The summed E-state index contributed by atoms with van der Waals surface area (Å²) < 4.78 is 31.6. The van der Waals surface area contributed by atoms with Crippen LogP contribution < -0.4 is 5.32 Å². The minimum Gasteiger partial charge on any atom is -0.380 e. The van der Waals surface area contributed by atoms with Crippen LogP contribution in [0.1, 0.15) is 38.8 Å². The Morgan fingerprint density at radius 3 is 2.34 bits per heavy atom. The second-order valence-corrected chi connectivity index (χ2v) is 8.47. The molecule has 0 aliphatic rings. The number of hydrogen-bond acceptors (Lipinski definition) is 5. The number of rotatable bonds is 8. The Labute approximate surface area is 171 Å². The monoisotopic (exact) mass is 418 g/mol. The summed E-state index contributed by atoms with van der Waals surface area (Å²) in [5.74, 6) is -0.933. The third-order valence-electron chi connectivity index (χ3n) is 4.63. The minimum atomic E-state index is -4.05.